The number of aromatic nitrogens is 4. The lowest BCUT2D eigenvalue weighted by Gasteiger charge is -2.14. The third-order valence-corrected chi connectivity index (χ3v) is 2.50. The maximum absolute atomic E-state index is 4.20. The average Bonchev–Trinajstić information content (AvgIpc) is 2.82. The second kappa shape index (κ2) is 5.43. The minimum Gasteiger partial charge on any atom is -0.366 e. The van der Waals surface area contributed by atoms with Gasteiger partial charge in [-0.05, 0) is 19.4 Å². The standard InChI is InChI=1S/C12H17N5/c1-3-11-7-12(14-9-13-11)16-10(2)8-17-6-4-5-15-17/h4-7,9-10H,3,8H2,1-2H3,(H,13,14,16). The zero-order chi connectivity index (χ0) is 12.1. The number of nitrogens with zero attached hydrogens (tertiary/aromatic N) is 4. The van der Waals surface area contributed by atoms with E-state index in [2.05, 4.69) is 34.2 Å². The molecule has 0 saturated carbocycles. The summed E-state index contributed by atoms with van der Waals surface area (Å²) in [6.07, 6.45) is 6.26. The van der Waals surface area contributed by atoms with Crippen molar-refractivity contribution in [3.05, 3.63) is 36.5 Å². The molecule has 0 aliphatic rings. The van der Waals surface area contributed by atoms with Crippen molar-refractivity contribution in [2.45, 2.75) is 32.9 Å². The molecule has 0 fully saturated rings. The van der Waals surface area contributed by atoms with Crippen molar-refractivity contribution in [2.75, 3.05) is 5.32 Å². The first-order chi connectivity index (χ1) is 8.28. The second-order valence-electron chi connectivity index (χ2n) is 4.02. The number of hydrogen-bond donors (Lipinski definition) is 1. The number of anilines is 1. The normalized spacial score (nSPS) is 12.4. The van der Waals surface area contributed by atoms with Gasteiger partial charge in [0, 0.05) is 30.2 Å². The highest BCUT2D eigenvalue weighted by atomic mass is 15.3. The van der Waals surface area contributed by atoms with Crippen molar-refractivity contribution in [3.8, 4) is 0 Å². The zero-order valence-electron chi connectivity index (χ0n) is 10.2. The first-order valence-electron chi connectivity index (χ1n) is 5.83. The van der Waals surface area contributed by atoms with Crippen LogP contribution in [0.15, 0.2) is 30.9 Å². The molecule has 2 rings (SSSR count). The highest BCUT2D eigenvalue weighted by Gasteiger charge is 2.04. The predicted molar refractivity (Wildman–Crippen MR) is 66.7 cm³/mol. The van der Waals surface area contributed by atoms with Crippen LogP contribution in [0.3, 0.4) is 0 Å². The summed E-state index contributed by atoms with van der Waals surface area (Å²) < 4.78 is 1.90. The molecule has 2 aromatic heterocycles. The van der Waals surface area contributed by atoms with Crippen LogP contribution in [-0.2, 0) is 13.0 Å². The minimum absolute atomic E-state index is 0.273. The van der Waals surface area contributed by atoms with E-state index < -0.39 is 0 Å². The van der Waals surface area contributed by atoms with E-state index in [-0.39, 0.29) is 6.04 Å². The molecule has 0 aromatic carbocycles. The molecule has 90 valence electrons. The van der Waals surface area contributed by atoms with Crippen molar-refractivity contribution in [2.24, 2.45) is 0 Å². The molecule has 1 N–H and O–H groups in total. The molecule has 5 heteroatoms. The Labute approximate surface area is 101 Å². The fourth-order valence-electron chi connectivity index (χ4n) is 1.66. The molecule has 0 bridgehead atoms. The molecule has 2 aromatic rings. The maximum atomic E-state index is 4.20. The minimum atomic E-state index is 0.273. The fourth-order valence-corrected chi connectivity index (χ4v) is 1.66. The summed E-state index contributed by atoms with van der Waals surface area (Å²) in [5.74, 6) is 0.872. The van der Waals surface area contributed by atoms with E-state index in [0.29, 0.717) is 0 Å². The Morgan fingerprint density at radius 1 is 1.41 bits per heavy atom. The summed E-state index contributed by atoms with van der Waals surface area (Å²) >= 11 is 0. The second-order valence-corrected chi connectivity index (χ2v) is 4.02. The Hall–Kier alpha value is -1.91. The van der Waals surface area contributed by atoms with Gasteiger partial charge in [-0.2, -0.15) is 5.10 Å². The van der Waals surface area contributed by atoms with E-state index in [9.17, 15) is 0 Å². The Morgan fingerprint density at radius 2 is 2.29 bits per heavy atom. The van der Waals surface area contributed by atoms with Gasteiger partial charge in [-0.15, -0.1) is 0 Å². The number of aryl methyl sites for hydroxylation is 1. The molecule has 2 heterocycles. The molecule has 0 aliphatic heterocycles. The van der Waals surface area contributed by atoms with Crippen LogP contribution in [0.25, 0.3) is 0 Å². The Bertz CT molecular complexity index is 452. The topological polar surface area (TPSA) is 55.6 Å². The molecule has 5 nitrogen and oxygen atoms in total. The van der Waals surface area contributed by atoms with Gasteiger partial charge >= 0.3 is 0 Å². The van der Waals surface area contributed by atoms with E-state index in [0.717, 1.165) is 24.5 Å². The van der Waals surface area contributed by atoms with Crippen molar-refractivity contribution < 1.29 is 0 Å². The largest absolute Gasteiger partial charge is 0.366 e. The van der Waals surface area contributed by atoms with E-state index in [1.165, 1.54) is 0 Å². The SMILES string of the molecule is CCc1cc(NC(C)Cn2cccn2)ncn1. The molecule has 1 unspecified atom stereocenters. The molecule has 0 amide bonds. The van der Waals surface area contributed by atoms with E-state index in [4.69, 9.17) is 0 Å². The van der Waals surface area contributed by atoms with Crippen molar-refractivity contribution >= 4 is 5.82 Å². The van der Waals surface area contributed by atoms with Gasteiger partial charge in [-0.3, -0.25) is 4.68 Å². The lowest BCUT2D eigenvalue weighted by atomic mass is 10.3. The molecule has 0 saturated heterocycles. The van der Waals surface area contributed by atoms with Crippen LogP contribution >= 0.6 is 0 Å². The summed E-state index contributed by atoms with van der Waals surface area (Å²) in [4.78, 5) is 8.38. The van der Waals surface area contributed by atoms with E-state index in [1.807, 2.05) is 23.0 Å². The van der Waals surface area contributed by atoms with Crippen LogP contribution in [0.1, 0.15) is 19.5 Å². The highest BCUT2D eigenvalue weighted by molar-refractivity contribution is 5.35. The third-order valence-electron chi connectivity index (χ3n) is 2.50. The van der Waals surface area contributed by atoms with Gasteiger partial charge in [0.15, 0.2) is 0 Å². The van der Waals surface area contributed by atoms with Gasteiger partial charge in [0.2, 0.25) is 0 Å². The molecule has 17 heavy (non-hydrogen) atoms. The number of rotatable bonds is 5. The number of nitrogens with one attached hydrogen (secondary N) is 1. The molecular weight excluding hydrogens is 214 g/mol. The maximum Gasteiger partial charge on any atom is 0.129 e. The van der Waals surface area contributed by atoms with Gasteiger partial charge in [0.1, 0.15) is 12.1 Å². The first-order valence-corrected chi connectivity index (χ1v) is 5.83. The fraction of sp³-hybridized carbons (Fsp3) is 0.417. The van der Waals surface area contributed by atoms with Crippen LogP contribution in [-0.4, -0.2) is 25.8 Å². The van der Waals surface area contributed by atoms with Gasteiger partial charge < -0.3 is 5.32 Å². The molecule has 0 radical (unpaired) electrons. The van der Waals surface area contributed by atoms with Crippen molar-refractivity contribution in [1.82, 2.24) is 19.7 Å². The summed E-state index contributed by atoms with van der Waals surface area (Å²) in [6, 6.07) is 4.18. The number of hydrogen-bond acceptors (Lipinski definition) is 4. The Balaban J connectivity index is 1.95. The lowest BCUT2D eigenvalue weighted by Crippen LogP contribution is -2.22. The quantitative estimate of drug-likeness (QED) is 0.851. The first kappa shape index (κ1) is 11.6. The van der Waals surface area contributed by atoms with Crippen LogP contribution < -0.4 is 5.32 Å². The van der Waals surface area contributed by atoms with Crippen LogP contribution in [0.2, 0.25) is 0 Å². The Morgan fingerprint density at radius 3 is 3.00 bits per heavy atom. The van der Waals surface area contributed by atoms with Crippen LogP contribution in [0.5, 0.6) is 0 Å². The summed E-state index contributed by atoms with van der Waals surface area (Å²) in [5.41, 5.74) is 1.05. The van der Waals surface area contributed by atoms with Gasteiger partial charge in [0.05, 0.1) is 6.54 Å². The lowest BCUT2D eigenvalue weighted by molar-refractivity contribution is 0.559. The predicted octanol–water partition coefficient (Wildman–Crippen LogP) is 1.74. The van der Waals surface area contributed by atoms with E-state index >= 15 is 0 Å². The van der Waals surface area contributed by atoms with E-state index in [1.54, 1.807) is 12.5 Å². The molecular formula is C12H17N5. The summed E-state index contributed by atoms with van der Waals surface area (Å²) in [7, 11) is 0. The van der Waals surface area contributed by atoms with Gasteiger partial charge in [-0.25, -0.2) is 9.97 Å². The third kappa shape index (κ3) is 3.27. The Kier molecular flexibility index (Phi) is 3.69. The van der Waals surface area contributed by atoms with Gasteiger partial charge in [0.25, 0.3) is 0 Å². The average molecular weight is 231 g/mol. The smallest absolute Gasteiger partial charge is 0.129 e. The molecule has 0 spiro atoms. The van der Waals surface area contributed by atoms with Crippen molar-refractivity contribution in [1.29, 1.82) is 0 Å². The molecule has 0 aliphatic carbocycles. The summed E-state index contributed by atoms with van der Waals surface area (Å²) in [6.45, 7) is 5.01. The monoisotopic (exact) mass is 231 g/mol. The van der Waals surface area contributed by atoms with Gasteiger partial charge in [-0.1, -0.05) is 6.92 Å². The van der Waals surface area contributed by atoms with Crippen molar-refractivity contribution in [3.63, 3.8) is 0 Å². The summed E-state index contributed by atoms with van der Waals surface area (Å²) in [5, 5.41) is 7.52. The highest BCUT2D eigenvalue weighted by Crippen LogP contribution is 2.06. The van der Waals surface area contributed by atoms with Crippen LogP contribution in [0, 0.1) is 0 Å². The molecule has 1 atom stereocenters. The van der Waals surface area contributed by atoms with Crippen LogP contribution in [0.4, 0.5) is 5.82 Å². The zero-order valence-corrected chi connectivity index (χ0v) is 10.2.